The van der Waals surface area contributed by atoms with Gasteiger partial charge in [0.05, 0.1) is 0 Å². The molecule has 1 rings (SSSR count). The van der Waals surface area contributed by atoms with Crippen LogP contribution in [-0.2, 0) is 0 Å². The number of aromatic nitrogens is 1. The molecule has 0 atom stereocenters. The van der Waals surface area contributed by atoms with Crippen molar-refractivity contribution in [1.29, 1.82) is 0 Å². The van der Waals surface area contributed by atoms with Gasteiger partial charge in [-0.2, -0.15) is 0 Å². The Kier molecular flexibility index (Phi) is 5.09. The fraction of sp³-hybridized carbons (Fsp3) is 0.538. The molecule has 0 aliphatic rings. The highest BCUT2D eigenvalue weighted by molar-refractivity contribution is 5.94. The smallest absolute Gasteiger partial charge is 0.259 e. The number of carbonyl (C=O) groups is 1. The molecule has 0 fully saturated rings. The monoisotopic (exact) mass is 251 g/mol. The second kappa shape index (κ2) is 6.35. The average Bonchev–Trinajstić information content (AvgIpc) is 2.28. The van der Waals surface area contributed by atoms with Crippen molar-refractivity contribution < 1.29 is 4.79 Å². The largest absolute Gasteiger partial charge is 0.364 e. The number of amides is 1. The van der Waals surface area contributed by atoms with Crippen molar-refractivity contribution in [3.8, 4) is 0 Å². The van der Waals surface area contributed by atoms with Crippen LogP contribution in [0.1, 0.15) is 36.3 Å². The van der Waals surface area contributed by atoms with E-state index >= 15 is 0 Å². The molecule has 100 valence electrons. The fourth-order valence-corrected chi connectivity index (χ4v) is 1.75. The van der Waals surface area contributed by atoms with E-state index in [1.54, 1.807) is 11.8 Å². The number of pyridine rings is 1. The highest BCUT2D eigenvalue weighted by Crippen LogP contribution is 2.06. The highest BCUT2D eigenvalue weighted by atomic mass is 16.2. The van der Waals surface area contributed by atoms with E-state index in [0.717, 1.165) is 12.1 Å². The molecule has 0 aliphatic carbocycles. The standard InChI is InChI=1S/C13H21N3O2/c1-9(2)16(6-4-5-14)13(18)11-8-15-10(3)7-12(11)17/h7-9H,4-6,14H2,1-3H3,(H,15,17). The molecule has 0 saturated carbocycles. The lowest BCUT2D eigenvalue weighted by molar-refractivity contribution is 0.0703. The summed E-state index contributed by atoms with van der Waals surface area (Å²) in [7, 11) is 0. The van der Waals surface area contributed by atoms with Crippen LogP contribution in [0.15, 0.2) is 17.1 Å². The van der Waals surface area contributed by atoms with Gasteiger partial charge in [-0.05, 0) is 33.7 Å². The maximum Gasteiger partial charge on any atom is 0.259 e. The van der Waals surface area contributed by atoms with Gasteiger partial charge in [-0.15, -0.1) is 0 Å². The minimum Gasteiger partial charge on any atom is -0.364 e. The van der Waals surface area contributed by atoms with Gasteiger partial charge in [0.2, 0.25) is 0 Å². The first-order valence-electron chi connectivity index (χ1n) is 6.17. The minimum absolute atomic E-state index is 0.0461. The van der Waals surface area contributed by atoms with Crippen molar-refractivity contribution in [3.05, 3.63) is 33.7 Å². The zero-order chi connectivity index (χ0) is 13.7. The Bertz CT molecular complexity index is 466. The van der Waals surface area contributed by atoms with Crippen molar-refractivity contribution in [3.63, 3.8) is 0 Å². The zero-order valence-corrected chi connectivity index (χ0v) is 11.2. The lowest BCUT2D eigenvalue weighted by atomic mass is 10.2. The molecule has 0 saturated heterocycles. The van der Waals surface area contributed by atoms with E-state index in [4.69, 9.17) is 5.73 Å². The number of rotatable bonds is 5. The molecule has 0 radical (unpaired) electrons. The molecule has 1 heterocycles. The highest BCUT2D eigenvalue weighted by Gasteiger charge is 2.20. The minimum atomic E-state index is -0.241. The van der Waals surface area contributed by atoms with Gasteiger partial charge in [-0.1, -0.05) is 0 Å². The summed E-state index contributed by atoms with van der Waals surface area (Å²) in [6.07, 6.45) is 2.21. The number of hydrogen-bond donors (Lipinski definition) is 2. The Hall–Kier alpha value is -1.62. The molecule has 18 heavy (non-hydrogen) atoms. The average molecular weight is 251 g/mol. The third-order valence-corrected chi connectivity index (χ3v) is 2.77. The normalized spacial score (nSPS) is 10.7. The SMILES string of the molecule is Cc1cc(=O)c(C(=O)N(CCCN)C(C)C)c[nH]1. The molecule has 3 N–H and O–H groups in total. The first-order valence-corrected chi connectivity index (χ1v) is 6.17. The van der Waals surface area contributed by atoms with Gasteiger partial charge in [0.1, 0.15) is 5.56 Å². The molecular weight excluding hydrogens is 230 g/mol. The quantitative estimate of drug-likeness (QED) is 0.815. The summed E-state index contributed by atoms with van der Waals surface area (Å²) in [6.45, 7) is 6.74. The van der Waals surface area contributed by atoms with Gasteiger partial charge in [0.15, 0.2) is 5.43 Å². The second-order valence-corrected chi connectivity index (χ2v) is 4.63. The van der Waals surface area contributed by atoms with Crippen molar-refractivity contribution in [1.82, 2.24) is 9.88 Å². The van der Waals surface area contributed by atoms with E-state index in [9.17, 15) is 9.59 Å². The van der Waals surface area contributed by atoms with Crippen LogP contribution in [0.25, 0.3) is 0 Å². The lowest BCUT2D eigenvalue weighted by Gasteiger charge is -2.26. The summed E-state index contributed by atoms with van der Waals surface area (Å²) in [5.41, 5.74) is 6.15. The summed E-state index contributed by atoms with van der Waals surface area (Å²) >= 11 is 0. The first kappa shape index (κ1) is 14.4. The summed E-state index contributed by atoms with van der Waals surface area (Å²) in [5.74, 6) is -0.236. The van der Waals surface area contributed by atoms with E-state index in [-0.39, 0.29) is 22.9 Å². The predicted molar refractivity (Wildman–Crippen MR) is 71.6 cm³/mol. The van der Waals surface area contributed by atoms with Gasteiger partial charge in [0.25, 0.3) is 5.91 Å². The Morgan fingerprint density at radius 3 is 2.67 bits per heavy atom. The van der Waals surface area contributed by atoms with Gasteiger partial charge >= 0.3 is 0 Å². The second-order valence-electron chi connectivity index (χ2n) is 4.63. The molecule has 0 bridgehead atoms. The Labute approximate surface area is 107 Å². The van der Waals surface area contributed by atoms with Crippen LogP contribution in [-0.4, -0.2) is 34.9 Å². The fourth-order valence-electron chi connectivity index (χ4n) is 1.75. The number of hydrogen-bond acceptors (Lipinski definition) is 3. The topological polar surface area (TPSA) is 79.2 Å². The van der Waals surface area contributed by atoms with E-state index in [2.05, 4.69) is 4.98 Å². The molecule has 1 amide bonds. The van der Waals surface area contributed by atoms with Crippen LogP contribution in [0.3, 0.4) is 0 Å². The third-order valence-electron chi connectivity index (χ3n) is 2.77. The number of H-pyrrole nitrogens is 1. The Morgan fingerprint density at radius 2 is 2.17 bits per heavy atom. The molecule has 5 nitrogen and oxygen atoms in total. The summed E-state index contributed by atoms with van der Waals surface area (Å²) in [4.78, 5) is 28.7. The summed E-state index contributed by atoms with van der Waals surface area (Å²) in [5, 5.41) is 0. The molecule has 1 aromatic rings. The summed E-state index contributed by atoms with van der Waals surface area (Å²) < 4.78 is 0. The van der Waals surface area contributed by atoms with Crippen molar-refractivity contribution in [2.24, 2.45) is 5.73 Å². The van der Waals surface area contributed by atoms with E-state index in [1.165, 1.54) is 12.3 Å². The summed E-state index contributed by atoms with van der Waals surface area (Å²) in [6, 6.07) is 1.49. The number of aryl methyl sites for hydroxylation is 1. The molecular formula is C13H21N3O2. The van der Waals surface area contributed by atoms with Gasteiger partial charge in [-0.3, -0.25) is 9.59 Å². The molecule has 0 spiro atoms. The molecule has 0 aromatic carbocycles. The van der Waals surface area contributed by atoms with Gasteiger partial charge < -0.3 is 15.6 Å². The van der Waals surface area contributed by atoms with Crippen LogP contribution in [0.2, 0.25) is 0 Å². The van der Waals surface area contributed by atoms with Crippen molar-refractivity contribution in [2.45, 2.75) is 33.2 Å². The Balaban J connectivity index is 2.98. The molecule has 0 aliphatic heterocycles. The molecule has 0 unspecified atom stereocenters. The van der Waals surface area contributed by atoms with Crippen LogP contribution in [0.4, 0.5) is 0 Å². The van der Waals surface area contributed by atoms with Crippen LogP contribution in [0, 0.1) is 6.92 Å². The number of aromatic amines is 1. The van der Waals surface area contributed by atoms with Crippen molar-refractivity contribution in [2.75, 3.05) is 13.1 Å². The third kappa shape index (κ3) is 3.43. The number of carbonyl (C=O) groups excluding carboxylic acids is 1. The first-order chi connectivity index (χ1) is 8.47. The van der Waals surface area contributed by atoms with Crippen LogP contribution >= 0.6 is 0 Å². The van der Waals surface area contributed by atoms with Crippen LogP contribution < -0.4 is 11.2 Å². The number of nitrogens with two attached hydrogens (primary N) is 1. The Morgan fingerprint density at radius 1 is 1.50 bits per heavy atom. The predicted octanol–water partition coefficient (Wildman–Crippen LogP) is 0.883. The van der Waals surface area contributed by atoms with Gasteiger partial charge in [0, 0.05) is 30.5 Å². The molecule has 1 aromatic heterocycles. The van der Waals surface area contributed by atoms with Gasteiger partial charge in [-0.25, -0.2) is 0 Å². The molecule has 5 heteroatoms. The maximum atomic E-state index is 12.3. The number of nitrogens with one attached hydrogen (secondary N) is 1. The van der Waals surface area contributed by atoms with E-state index < -0.39 is 0 Å². The number of nitrogens with zero attached hydrogens (tertiary/aromatic N) is 1. The van der Waals surface area contributed by atoms with Crippen molar-refractivity contribution >= 4 is 5.91 Å². The van der Waals surface area contributed by atoms with E-state index in [1.807, 2.05) is 13.8 Å². The van der Waals surface area contributed by atoms with E-state index in [0.29, 0.717) is 13.1 Å². The zero-order valence-electron chi connectivity index (χ0n) is 11.2. The van der Waals surface area contributed by atoms with Crippen LogP contribution in [0.5, 0.6) is 0 Å². The lowest BCUT2D eigenvalue weighted by Crippen LogP contribution is -2.40. The maximum absolute atomic E-state index is 12.3.